The summed E-state index contributed by atoms with van der Waals surface area (Å²) in [6, 6.07) is 19.1. The minimum atomic E-state index is -0.682. The van der Waals surface area contributed by atoms with Gasteiger partial charge in [0.05, 0.1) is 5.69 Å². The molecule has 0 aliphatic carbocycles. The Labute approximate surface area is 140 Å². The first-order valence-corrected chi connectivity index (χ1v) is 7.92. The number of nitrogens with zero attached hydrogens (tertiary/aromatic N) is 2. The number of carbonyl (C=O) groups excluding carboxylic acids is 1. The zero-order valence-electron chi connectivity index (χ0n) is 13.5. The molecule has 0 saturated heterocycles. The minimum absolute atomic E-state index is 0.0366. The molecular weight excluding hydrogens is 300 g/mol. The maximum atomic E-state index is 11.7. The summed E-state index contributed by atoms with van der Waals surface area (Å²) in [7, 11) is 0. The highest BCUT2D eigenvalue weighted by molar-refractivity contribution is 5.82. The summed E-state index contributed by atoms with van der Waals surface area (Å²) in [5.41, 5.74) is 15.3. The van der Waals surface area contributed by atoms with E-state index in [9.17, 15) is 4.79 Å². The van der Waals surface area contributed by atoms with E-state index in [-0.39, 0.29) is 5.92 Å². The van der Waals surface area contributed by atoms with Gasteiger partial charge in [0.1, 0.15) is 5.82 Å². The molecule has 122 valence electrons. The third-order valence-electron chi connectivity index (χ3n) is 4.17. The maximum Gasteiger partial charge on any atom is 0.341 e. The molecule has 0 saturated carbocycles. The Morgan fingerprint density at radius 2 is 1.67 bits per heavy atom. The van der Waals surface area contributed by atoms with Gasteiger partial charge in [0.15, 0.2) is 0 Å². The van der Waals surface area contributed by atoms with Crippen molar-refractivity contribution in [2.24, 2.45) is 5.73 Å². The van der Waals surface area contributed by atoms with E-state index in [1.807, 2.05) is 48.5 Å². The van der Waals surface area contributed by atoms with E-state index < -0.39 is 6.03 Å². The van der Waals surface area contributed by atoms with Crippen molar-refractivity contribution in [3.05, 3.63) is 71.8 Å². The summed E-state index contributed by atoms with van der Waals surface area (Å²) >= 11 is 0. The van der Waals surface area contributed by atoms with Crippen LogP contribution in [0.4, 0.5) is 10.6 Å². The van der Waals surface area contributed by atoms with Crippen molar-refractivity contribution in [2.45, 2.75) is 19.3 Å². The molecule has 1 unspecified atom stereocenters. The average Bonchev–Trinajstić information content (AvgIpc) is 2.95. The molecule has 0 radical (unpaired) electrons. The van der Waals surface area contributed by atoms with Gasteiger partial charge in [0.2, 0.25) is 0 Å². The zero-order chi connectivity index (χ0) is 17.1. The number of benzene rings is 2. The van der Waals surface area contributed by atoms with Gasteiger partial charge < -0.3 is 11.5 Å². The van der Waals surface area contributed by atoms with Crippen LogP contribution in [0.25, 0.3) is 11.3 Å². The SMILES string of the molecule is CCC(c1ccccc1)c1c(-c2ccccc2)nn(C(N)=O)c1N. The van der Waals surface area contributed by atoms with Crippen LogP contribution in [0.1, 0.15) is 30.4 Å². The summed E-state index contributed by atoms with van der Waals surface area (Å²) in [6.07, 6.45) is 0.832. The number of amides is 1. The van der Waals surface area contributed by atoms with Gasteiger partial charge >= 0.3 is 6.03 Å². The molecule has 0 aliphatic heterocycles. The zero-order valence-corrected chi connectivity index (χ0v) is 13.5. The van der Waals surface area contributed by atoms with Gasteiger partial charge in [0, 0.05) is 17.0 Å². The second-order valence-electron chi connectivity index (χ2n) is 5.64. The molecule has 1 atom stereocenters. The van der Waals surface area contributed by atoms with Crippen LogP contribution < -0.4 is 11.5 Å². The van der Waals surface area contributed by atoms with E-state index in [4.69, 9.17) is 11.5 Å². The van der Waals surface area contributed by atoms with Crippen molar-refractivity contribution in [1.29, 1.82) is 0 Å². The lowest BCUT2D eigenvalue weighted by molar-refractivity contribution is 0.248. The quantitative estimate of drug-likeness (QED) is 0.770. The number of aromatic nitrogens is 2. The van der Waals surface area contributed by atoms with Gasteiger partial charge in [0.25, 0.3) is 0 Å². The number of hydrogen-bond acceptors (Lipinski definition) is 3. The summed E-state index contributed by atoms with van der Waals surface area (Å²) in [5, 5.41) is 4.39. The lowest BCUT2D eigenvalue weighted by Crippen LogP contribution is -2.22. The first-order valence-electron chi connectivity index (χ1n) is 7.92. The molecule has 3 rings (SSSR count). The Bertz CT molecular complexity index is 841. The third kappa shape index (κ3) is 2.76. The number of carbonyl (C=O) groups is 1. The lowest BCUT2D eigenvalue weighted by Gasteiger charge is -2.17. The van der Waals surface area contributed by atoms with E-state index >= 15 is 0 Å². The number of nitrogens with two attached hydrogens (primary N) is 2. The molecular formula is C19H20N4O. The van der Waals surface area contributed by atoms with E-state index in [0.29, 0.717) is 11.5 Å². The Morgan fingerprint density at radius 1 is 1.08 bits per heavy atom. The summed E-state index contributed by atoms with van der Waals surface area (Å²) in [5.74, 6) is 0.339. The fourth-order valence-corrected chi connectivity index (χ4v) is 3.06. The van der Waals surface area contributed by atoms with Crippen molar-refractivity contribution >= 4 is 11.8 Å². The molecule has 1 aromatic heterocycles. The Kier molecular flexibility index (Phi) is 4.33. The number of nitrogen functional groups attached to an aromatic ring is 1. The van der Waals surface area contributed by atoms with Crippen LogP contribution in [-0.4, -0.2) is 15.8 Å². The number of rotatable bonds is 4. The predicted molar refractivity (Wildman–Crippen MR) is 95.6 cm³/mol. The van der Waals surface area contributed by atoms with Crippen molar-refractivity contribution in [3.8, 4) is 11.3 Å². The van der Waals surface area contributed by atoms with Crippen molar-refractivity contribution in [2.75, 3.05) is 5.73 Å². The van der Waals surface area contributed by atoms with Gasteiger partial charge in [-0.25, -0.2) is 4.79 Å². The monoisotopic (exact) mass is 320 g/mol. The molecule has 1 heterocycles. The van der Waals surface area contributed by atoms with Gasteiger partial charge in [-0.05, 0) is 12.0 Å². The predicted octanol–water partition coefficient (Wildman–Crippen LogP) is 3.60. The minimum Gasteiger partial charge on any atom is -0.383 e. The molecule has 5 heteroatoms. The average molecular weight is 320 g/mol. The van der Waals surface area contributed by atoms with Crippen LogP contribution in [-0.2, 0) is 0 Å². The molecule has 2 aromatic carbocycles. The Hall–Kier alpha value is -3.08. The maximum absolute atomic E-state index is 11.7. The largest absolute Gasteiger partial charge is 0.383 e. The standard InChI is InChI=1S/C19H20N4O/c1-2-15(13-9-5-3-6-10-13)16-17(14-11-7-4-8-12-14)22-23(18(16)20)19(21)24/h3-12,15H,2,20H2,1H3,(H2,21,24). The highest BCUT2D eigenvalue weighted by Gasteiger charge is 2.26. The van der Waals surface area contributed by atoms with Crippen LogP contribution in [0.5, 0.6) is 0 Å². The van der Waals surface area contributed by atoms with Crippen molar-refractivity contribution in [1.82, 2.24) is 9.78 Å². The molecule has 1 amide bonds. The van der Waals surface area contributed by atoms with Crippen LogP contribution in [0.2, 0.25) is 0 Å². The summed E-state index contributed by atoms with van der Waals surface area (Å²) < 4.78 is 1.09. The lowest BCUT2D eigenvalue weighted by atomic mass is 9.87. The van der Waals surface area contributed by atoms with Gasteiger partial charge in [-0.15, -0.1) is 0 Å². The second-order valence-corrected chi connectivity index (χ2v) is 5.64. The molecule has 0 bridgehead atoms. The number of hydrogen-bond donors (Lipinski definition) is 2. The molecule has 0 aliphatic rings. The third-order valence-corrected chi connectivity index (χ3v) is 4.17. The highest BCUT2D eigenvalue weighted by atomic mass is 16.2. The topological polar surface area (TPSA) is 86.9 Å². The van der Waals surface area contributed by atoms with Crippen LogP contribution in [0, 0.1) is 0 Å². The van der Waals surface area contributed by atoms with Gasteiger partial charge in [-0.3, -0.25) is 0 Å². The molecule has 4 N–H and O–H groups in total. The Balaban J connectivity index is 2.23. The normalized spacial score (nSPS) is 12.0. The summed E-state index contributed by atoms with van der Waals surface area (Å²) in [6.45, 7) is 2.09. The fraction of sp³-hybridized carbons (Fsp3) is 0.158. The molecule has 3 aromatic rings. The molecule has 0 spiro atoms. The van der Waals surface area contributed by atoms with Gasteiger partial charge in [-0.2, -0.15) is 9.78 Å². The number of anilines is 1. The number of primary amides is 1. The molecule has 24 heavy (non-hydrogen) atoms. The highest BCUT2D eigenvalue weighted by Crippen LogP contribution is 2.38. The van der Waals surface area contributed by atoms with E-state index in [2.05, 4.69) is 24.2 Å². The van der Waals surface area contributed by atoms with E-state index in [1.165, 1.54) is 0 Å². The van der Waals surface area contributed by atoms with E-state index in [1.54, 1.807) is 0 Å². The smallest absolute Gasteiger partial charge is 0.341 e. The van der Waals surface area contributed by atoms with Crippen molar-refractivity contribution in [3.63, 3.8) is 0 Å². The molecule has 5 nitrogen and oxygen atoms in total. The molecule has 0 fully saturated rings. The van der Waals surface area contributed by atoms with Crippen LogP contribution in [0.15, 0.2) is 60.7 Å². The Morgan fingerprint density at radius 3 is 2.21 bits per heavy atom. The first kappa shape index (κ1) is 15.8. The van der Waals surface area contributed by atoms with Crippen LogP contribution in [0.3, 0.4) is 0 Å². The van der Waals surface area contributed by atoms with Gasteiger partial charge in [-0.1, -0.05) is 67.6 Å². The second kappa shape index (κ2) is 6.58. The fourth-order valence-electron chi connectivity index (χ4n) is 3.06. The van der Waals surface area contributed by atoms with Crippen molar-refractivity contribution < 1.29 is 4.79 Å². The van der Waals surface area contributed by atoms with Crippen LogP contribution >= 0.6 is 0 Å². The van der Waals surface area contributed by atoms with E-state index in [0.717, 1.165) is 27.8 Å². The first-order chi connectivity index (χ1) is 11.6. The summed E-state index contributed by atoms with van der Waals surface area (Å²) in [4.78, 5) is 11.7.